The van der Waals surface area contributed by atoms with Crippen LogP contribution in [0.1, 0.15) is 18.1 Å². The van der Waals surface area contributed by atoms with E-state index in [1.165, 1.54) is 0 Å². The maximum absolute atomic E-state index is 12.7. The molecule has 1 heterocycles. The molecule has 0 saturated carbocycles. The van der Waals surface area contributed by atoms with E-state index in [0.717, 1.165) is 23.5 Å². The molecule has 5 nitrogen and oxygen atoms in total. The van der Waals surface area contributed by atoms with Gasteiger partial charge in [0.15, 0.2) is 0 Å². The van der Waals surface area contributed by atoms with Crippen LogP contribution in [-0.4, -0.2) is 19.9 Å². The van der Waals surface area contributed by atoms with Crippen LogP contribution in [0, 0.1) is 13.8 Å². The zero-order valence-electron chi connectivity index (χ0n) is 15.7. The van der Waals surface area contributed by atoms with E-state index in [-0.39, 0.29) is 4.90 Å². The molecule has 0 saturated heterocycles. The average Bonchev–Trinajstić information content (AvgIpc) is 2.64. The Bertz CT molecular complexity index is 1020. The molecule has 2 aromatic carbocycles. The standard InChI is InChI=1S/C21H23N3O2S/c1-4-24(18-8-6-5-7-9-18)19-11-13-21(22-15-19)23-27(25,26)20-12-10-16(2)14-17(20)3/h5-15H,4H2,1-3H3,(H,22,23). The van der Waals surface area contributed by atoms with E-state index in [0.29, 0.717) is 11.4 Å². The Balaban J connectivity index is 1.83. The number of nitrogens with one attached hydrogen (secondary N) is 1. The van der Waals surface area contributed by atoms with Gasteiger partial charge in [0.25, 0.3) is 10.0 Å². The molecule has 0 atom stereocenters. The molecule has 6 heteroatoms. The summed E-state index contributed by atoms with van der Waals surface area (Å²) in [6.45, 7) is 6.56. The lowest BCUT2D eigenvalue weighted by Gasteiger charge is -2.23. The van der Waals surface area contributed by atoms with Crippen LogP contribution < -0.4 is 9.62 Å². The van der Waals surface area contributed by atoms with Gasteiger partial charge in [-0.25, -0.2) is 13.4 Å². The van der Waals surface area contributed by atoms with E-state index in [2.05, 4.69) is 21.5 Å². The second kappa shape index (κ2) is 7.80. The fourth-order valence-electron chi connectivity index (χ4n) is 3.02. The van der Waals surface area contributed by atoms with Gasteiger partial charge < -0.3 is 4.90 Å². The fourth-order valence-corrected chi connectivity index (χ4v) is 4.26. The van der Waals surface area contributed by atoms with Gasteiger partial charge in [0.05, 0.1) is 16.8 Å². The Morgan fingerprint density at radius 1 is 0.963 bits per heavy atom. The van der Waals surface area contributed by atoms with Crippen molar-refractivity contribution in [3.05, 3.63) is 78.0 Å². The summed E-state index contributed by atoms with van der Waals surface area (Å²) in [6.07, 6.45) is 1.68. The summed E-state index contributed by atoms with van der Waals surface area (Å²) in [6, 6.07) is 18.8. The highest BCUT2D eigenvalue weighted by Crippen LogP contribution is 2.26. The first-order chi connectivity index (χ1) is 12.9. The molecule has 0 fully saturated rings. The molecule has 3 aromatic rings. The van der Waals surface area contributed by atoms with Gasteiger partial charge in [-0.15, -0.1) is 0 Å². The number of rotatable bonds is 6. The molecule has 1 aromatic heterocycles. The van der Waals surface area contributed by atoms with Gasteiger partial charge in [-0.3, -0.25) is 4.72 Å². The van der Waals surface area contributed by atoms with Crippen LogP contribution in [0.15, 0.2) is 71.8 Å². The molecule has 0 amide bonds. The lowest BCUT2D eigenvalue weighted by molar-refractivity contribution is 0.600. The molecule has 0 unspecified atom stereocenters. The van der Waals surface area contributed by atoms with Gasteiger partial charge in [-0.1, -0.05) is 35.9 Å². The number of sulfonamides is 1. The summed E-state index contributed by atoms with van der Waals surface area (Å²) in [5.74, 6) is 0.294. The highest BCUT2D eigenvalue weighted by Gasteiger charge is 2.17. The quantitative estimate of drug-likeness (QED) is 0.675. The third-order valence-electron chi connectivity index (χ3n) is 4.30. The maximum Gasteiger partial charge on any atom is 0.263 e. The van der Waals surface area contributed by atoms with Crippen LogP contribution in [0.2, 0.25) is 0 Å². The lowest BCUT2D eigenvalue weighted by atomic mass is 10.2. The molecule has 0 bridgehead atoms. The monoisotopic (exact) mass is 381 g/mol. The summed E-state index contributed by atoms with van der Waals surface area (Å²) in [5, 5.41) is 0. The van der Waals surface area contributed by atoms with Crippen molar-refractivity contribution in [2.75, 3.05) is 16.2 Å². The third kappa shape index (κ3) is 4.28. The Morgan fingerprint density at radius 2 is 1.70 bits per heavy atom. The van der Waals surface area contributed by atoms with E-state index in [1.54, 1.807) is 31.3 Å². The van der Waals surface area contributed by atoms with Crippen molar-refractivity contribution < 1.29 is 8.42 Å². The van der Waals surface area contributed by atoms with Crippen LogP contribution in [0.25, 0.3) is 0 Å². The maximum atomic E-state index is 12.7. The minimum Gasteiger partial charge on any atom is -0.341 e. The Kier molecular flexibility index (Phi) is 5.46. The number of para-hydroxylation sites is 1. The molecule has 0 aliphatic heterocycles. The summed E-state index contributed by atoms with van der Waals surface area (Å²) in [4.78, 5) is 6.67. The van der Waals surface area contributed by atoms with Gasteiger partial charge in [0.2, 0.25) is 0 Å². The smallest absolute Gasteiger partial charge is 0.263 e. The predicted octanol–water partition coefficient (Wildman–Crippen LogP) is 4.66. The van der Waals surface area contributed by atoms with E-state index >= 15 is 0 Å². The van der Waals surface area contributed by atoms with Crippen LogP contribution in [0.5, 0.6) is 0 Å². The Labute approximate surface area is 160 Å². The number of pyridine rings is 1. The third-order valence-corrected chi connectivity index (χ3v) is 5.82. The normalized spacial score (nSPS) is 11.2. The summed E-state index contributed by atoms with van der Waals surface area (Å²) >= 11 is 0. The van der Waals surface area contributed by atoms with Crippen molar-refractivity contribution >= 4 is 27.2 Å². The van der Waals surface area contributed by atoms with Crippen molar-refractivity contribution in [2.45, 2.75) is 25.7 Å². The second-order valence-corrected chi connectivity index (χ2v) is 8.01. The van der Waals surface area contributed by atoms with Gasteiger partial charge in [-0.05, 0) is 56.7 Å². The van der Waals surface area contributed by atoms with E-state index in [9.17, 15) is 8.42 Å². The molecular weight excluding hydrogens is 358 g/mol. The number of nitrogens with zero attached hydrogens (tertiary/aromatic N) is 2. The highest BCUT2D eigenvalue weighted by molar-refractivity contribution is 7.92. The van der Waals surface area contributed by atoms with Crippen LogP contribution in [-0.2, 0) is 10.0 Å². The van der Waals surface area contributed by atoms with Crippen molar-refractivity contribution in [3.63, 3.8) is 0 Å². The van der Waals surface area contributed by atoms with Gasteiger partial charge >= 0.3 is 0 Å². The zero-order valence-corrected chi connectivity index (χ0v) is 16.5. The first kappa shape index (κ1) is 18.9. The number of aryl methyl sites for hydroxylation is 2. The van der Waals surface area contributed by atoms with E-state index in [4.69, 9.17) is 0 Å². The molecule has 3 rings (SSSR count). The van der Waals surface area contributed by atoms with Gasteiger partial charge in [-0.2, -0.15) is 0 Å². The van der Waals surface area contributed by atoms with Crippen LogP contribution >= 0.6 is 0 Å². The minimum atomic E-state index is -3.68. The summed E-state index contributed by atoms with van der Waals surface area (Å²) < 4.78 is 27.9. The highest BCUT2D eigenvalue weighted by atomic mass is 32.2. The molecule has 0 aliphatic carbocycles. The number of hydrogen-bond donors (Lipinski definition) is 1. The molecule has 1 N–H and O–H groups in total. The summed E-state index contributed by atoms with van der Waals surface area (Å²) in [7, 11) is -3.68. The van der Waals surface area contributed by atoms with E-state index in [1.807, 2.05) is 49.4 Å². The van der Waals surface area contributed by atoms with Crippen molar-refractivity contribution in [2.24, 2.45) is 0 Å². The fraction of sp³-hybridized carbons (Fsp3) is 0.190. The topological polar surface area (TPSA) is 62.3 Å². The molecule has 0 radical (unpaired) electrons. The predicted molar refractivity (Wildman–Crippen MR) is 110 cm³/mol. The SMILES string of the molecule is CCN(c1ccccc1)c1ccc(NS(=O)(=O)c2ccc(C)cc2C)nc1. The largest absolute Gasteiger partial charge is 0.341 e. The first-order valence-electron chi connectivity index (χ1n) is 8.79. The molecule has 0 aliphatic rings. The van der Waals surface area contributed by atoms with E-state index < -0.39 is 10.0 Å². The number of anilines is 3. The first-order valence-corrected chi connectivity index (χ1v) is 10.3. The molecule has 27 heavy (non-hydrogen) atoms. The molecule has 0 spiro atoms. The van der Waals surface area contributed by atoms with Gasteiger partial charge in [0.1, 0.15) is 5.82 Å². The lowest BCUT2D eigenvalue weighted by Crippen LogP contribution is -2.17. The zero-order chi connectivity index (χ0) is 19.4. The van der Waals surface area contributed by atoms with Crippen LogP contribution in [0.3, 0.4) is 0 Å². The van der Waals surface area contributed by atoms with Crippen molar-refractivity contribution in [3.8, 4) is 0 Å². The van der Waals surface area contributed by atoms with Crippen molar-refractivity contribution in [1.29, 1.82) is 0 Å². The Hall–Kier alpha value is -2.86. The van der Waals surface area contributed by atoms with Crippen LogP contribution in [0.4, 0.5) is 17.2 Å². The number of hydrogen-bond acceptors (Lipinski definition) is 4. The van der Waals surface area contributed by atoms with Crippen molar-refractivity contribution in [1.82, 2.24) is 4.98 Å². The van der Waals surface area contributed by atoms with Gasteiger partial charge in [0, 0.05) is 12.2 Å². The average molecular weight is 382 g/mol. The number of benzene rings is 2. The summed E-state index contributed by atoms with van der Waals surface area (Å²) in [5.41, 5.74) is 3.69. The Morgan fingerprint density at radius 3 is 2.30 bits per heavy atom. The minimum absolute atomic E-state index is 0.262. The molecule has 140 valence electrons. The molecular formula is C21H23N3O2S. The number of aromatic nitrogens is 1. The second-order valence-electron chi connectivity index (χ2n) is 6.36.